The molecule has 0 N–H and O–H groups in total. The zero-order valence-corrected chi connectivity index (χ0v) is 18.8. The first-order valence-electron chi connectivity index (χ1n) is 10.1. The Balaban J connectivity index is 3.80. The number of rotatable bonds is 17. The van der Waals surface area contributed by atoms with Gasteiger partial charge in [-0.1, -0.05) is 91.4 Å². The maximum Gasteiger partial charge on any atom is -0.0144 e. The summed E-state index contributed by atoms with van der Waals surface area (Å²) in [5.41, 5.74) is 0. The standard InChI is InChI=1S/C20H43IS/c1-4-7-10-11-12-13-14-17-20-22(21,18-15-8-5-2)19-16-9-6-3/h4-20H2,1-3H3. The molecule has 0 unspecified atom stereocenters. The average molecular weight is 443 g/mol. The van der Waals surface area contributed by atoms with Crippen LogP contribution >= 0.6 is 28.4 Å². The summed E-state index contributed by atoms with van der Waals surface area (Å²) in [4.78, 5) is 0. The molecule has 0 aromatic carbocycles. The maximum atomic E-state index is 2.92. The molecule has 0 aliphatic heterocycles. The fourth-order valence-corrected chi connectivity index (χ4v) is 8.60. The molecule has 0 atom stereocenters. The van der Waals surface area contributed by atoms with Gasteiger partial charge < -0.3 is 0 Å². The van der Waals surface area contributed by atoms with Gasteiger partial charge in [-0.05, 0) is 57.7 Å². The van der Waals surface area contributed by atoms with Crippen LogP contribution in [0.25, 0.3) is 0 Å². The van der Waals surface area contributed by atoms with Gasteiger partial charge in [0, 0.05) is 0 Å². The molecule has 22 heavy (non-hydrogen) atoms. The molecular weight excluding hydrogens is 399 g/mol. The molecule has 0 aromatic rings. The molecule has 0 saturated carbocycles. The van der Waals surface area contributed by atoms with Gasteiger partial charge in [-0.15, -0.1) is 0 Å². The second-order valence-corrected chi connectivity index (χ2v) is 15.7. The third-order valence-electron chi connectivity index (χ3n) is 4.59. The summed E-state index contributed by atoms with van der Waals surface area (Å²) in [6.45, 7) is 6.97. The van der Waals surface area contributed by atoms with Gasteiger partial charge in [-0.3, -0.25) is 0 Å². The van der Waals surface area contributed by atoms with E-state index in [2.05, 4.69) is 42.0 Å². The van der Waals surface area contributed by atoms with Crippen LogP contribution in [-0.2, 0) is 0 Å². The van der Waals surface area contributed by atoms with Crippen molar-refractivity contribution in [1.29, 1.82) is 0 Å². The molecule has 0 radical (unpaired) electrons. The number of halogens is 1. The molecule has 0 aromatic heterocycles. The summed E-state index contributed by atoms with van der Waals surface area (Å²) >= 11 is 2.92. The third-order valence-corrected chi connectivity index (χ3v) is 11.6. The highest BCUT2D eigenvalue weighted by Crippen LogP contribution is 2.58. The first-order chi connectivity index (χ1) is 10.7. The molecule has 0 rings (SSSR count). The summed E-state index contributed by atoms with van der Waals surface area (Å²) in [5.74, 6) is 4.64. The van der Waals surface area contributed by atoms with Gasteiger partial charge in [0.05, 0.1) is 0 Å². The molecule has 0 nitrogen and oxygen atoms in total. The lowest BCUT2D eigenvalue weighted by Gasteiger charge is -2.34. The van der Waals surface area contributed by atoms with Crippen molar-refractivity contribution >= 4 is 28.4 Å². The fourth-order valence-electron chi connectivity index (χ4n) is 3.02. The van der Waals surface area contributed by atoms with E-state index in [9.17, 15) is 0 Å². The van der Waals surface area contributed by atoms with Gasteiger partial charge >= 0.3 is 0 Å². The second-order valence-electron chi connectivity index (χ2n) is 6.94. The summed E-state index contributed by atoms with van der Waals surface area (Å²) < 4.78 is 0. The minimum atomic E-state index is -0.315. The first kappa shape index (κ1) is 23.1. The van der Waals surface area contributed by atoms with E-state index in [0.29, 0.717) is 0 Å². The van der Waals surface area contributed by atoms with Crippen LogP contribution in [0.3, 0.4) is 0 Å². The van der Waals surface area contributed by atoms with Crippen molar-refractivity contribution in [3.8, 4) is 0 Å². The fraction of sp³-hybridized carbons (Fsp3) is 1.00. The van der Waals surface area contributed by atoms with Crippen LogP contribution in [0.5, 0.6) is 0 Å². The van der Waals surface area contributed by atoms with Crippen LogP contribution < -0.4 is 0 Å². The molecule has 0 saturated heterocycles. The van der Waals surface area contributed by atoms with E-state index >= 15 is 0 Å². The van der Waals surface area contributed by atoms with Gasteiger partial charge in [0.25, 0.3) is 0 Å². The van der Waals surface area contributed by atoms with E-state index in [1.807, 2.05) is 0 Å². The third kappa shape index (κ3) is 14.7. The quantitative estimate of drug-likeness (QED) is 0.156. The van der Waals surface area contributed by atoms with Crippen LogP contribution in [0.2, 0.25) is 0 Å². The minimum absolute atomic E-state index is 0.315. The topological polar surface area (TPSA) is 0 Å². The van der Waals surface area contributed by atoms with Crippen molar-refractivity contribution in [1.82, 2.24) is 0 Å². The van der Waals surface area contributed by atoms with Crippen molar-refractivity contribution in [3.63, 3.8) is 0 Å². The Morgan fingerprint density at radius 2 is 0.727 bits per heavy atom. The Bertz CT molecular complexity index is 208. The number of hydrogen-bond acceptors (Lipinski definition) is 0. The van der Waals surface area contributed by atoms with Crippen LogP contribution in [0.4, 0.5) is 0 Å². The lowest BCUT2D eigenvalue weighted by atomic mass is 10.1. The smallest absolute Gasteiger partial charge is 0.0144 e. The molecule has 0 fully saturated rings. The van der Waals surface area contributed by atoms with Gasteiger partial charge in [0.15, 0.2) is 0 Å². The summed E-state index contributed by atoms with van der Waals surface area (Å²) in [6, 6.07) is 0. The molecule has 0 spiro atoms. The maximum absolute atomic E-state index is 2.92. The highest BCUT2D eigenvalue weighted by Gasteiger charge is 2.18. The Hall–Kier alpha value is 1.08. The predicted molar refractivity (Wildman–Crippen MR) is 118 cm³/mol. The first-order valence-corrected chi connectivity index (χ1v) is 14.8. The Kier molecular flexibility index (Phi) is 17.8. The Morgan fingerprint density at radius 3 is 1.14 bits per heavy atom. The molecular formula is C20H43IS. The van der Waals surface area contributed by atoms with Gasteiger partial charge in [0.2, 0.25) is 0 Å². The van der Waals surface area contributed by atoms with E-state index in [1.54, 1.807) is 17.3 Å². The van der Waals surface area contributed by atoms with Crippen molar-refractivity contribution < 1.29 is 0 Å². The monoisotopic (exact) mass is 442 g/mol. The van der Waals surface area contributed by atoms with Crippen molar-refractivity contribution in [2.45, 2.75) is 111 Å². The molecule has 0 aliphatic carbocycles. The Labute approximate surface area is 155 Å². The molecule has 0 amide bonds. The van der Waals surface area contributed by atoms with Crippen LogP contribution in [0, 0.1) is 0 Å². The van der Waals surface area contributed by atoms with Crippen LogP contribution in [0.15, 0.2) is 0 Å². The van der Waals surface area contributed by atoms with E-state index in [1.165, 1.54) is 89.9 Å². The van der Waals surface area contributed by atoms with Gasteiger partial charge in [-0.2, -0.15) is 7.20 Å². The lowest BCUT2D eigenvalue weighted by molar-refractivity contribution is 0.586. The normalized spacial score (nSPS) is 12.7. The molecule has 0 bridgehead atoms. The zero-order valence-electron chi connectivity index (χ0n) is 15.8. The predicted octanol–water partition coefficient (Wildman–Crippen LogP) is 8.66. The van der Waals surface area contributed by atoms with Crippen LogP contribution in [0.1, 0.15) is 111 Å². The van der Waals surface area contributed by atoms with E-state index < -0.39 is 0 Å². The van der Waals surface area contributed by atoms with Crippen LogP contribution in [-0.4, -0.2) is 17.3 Å². The second kappa shape index (κ2) is 16.9. The number of hydrogen-bond donors (Lipinski definition) is 0. The SMILES string of the molecule is CCCCCCCCCCS(I)(CCCCC)CCCCC. The van der Waals surface area contributed by atoms with Gasteiger partial charge in [-0.25, -0.2) is 0 Å². The average Bonchev–Trinajstić information content (AvgIpc) is 2.51. The molecule has 0 heterocycles. The Morgan fingerprint density at radius 1 is 0.455 bits per heavy atom. The summed E-state index contributed by atoms with van der Waals surface area (Å²) in [6.07, 6.45) is 20.3. The largest absolute Gasteiger partial charge is 0.187 e. The van der Waals surface area contributed by atoms with Gasteiger partial charge in [0.1, 0.15) is 0 Å². The minimum Gasteiger partial charge on any atom is -0.187 e. The number of unbranched alkanes of at least 4 members (excludes halogenated alkanes) is 11. The van der Waals surface area contributed by atoms with E-state index in [0.717, 1.165) is 0 Å². The van der Waals surface area contributed by atoms with Crippen molar-refractivity contribution in [2.75, 3.05) is 17.3 Å². The van der Waals surface area contributed by atoms with Crippen molar-refractivity contribution in [3.05, 3.63) is 0 Å². The summed E-state index contributed by atoms with van der Waals surface area (Å²) in [7, 11) is -0.315. The lowest BCUT2D eigenvalue weighted by Crippen LogP contribution is -2.08. The van der Waals surface area contributed by atoms with E-state index in [4.69, 9.17) is 0 Å². The molecule has 136 valence electrons. The highest BCUT2D eigenvalue weighted by atomic mass is 127. The van der Waals surface area contributed by atoms with Crippen molar-refractivity contribution in [2.24, 2.45) is 0 Å². The zero-order chi connectivity index (χ0) is 16.5. The molecule has 2 heteroatoms. The molecule has 0 aliphatic rings. The van der Waals surface area contributed by atoms with E-state index in [-0.39, 0.29) is 7.20 Å². The highest BCUT2D eigenvalue weighted by molar-refractivity contribution is 14.2. The summed E-state index contributed by atoms with van der Waals surface area (Å²) in [5, 5.41) is 0.